The van der Waals surface area contributed by atoms with Gasteiger partial charge in [0.05, 0.1) is 23.1 Å². The van der Waals surface area contributed by atoms with Gasteiger partial charge in [0, 0.05) is 17.0 Å². The molecule has 2 aliphatic rings. The van der Waals surface area contributed by atoms with Gasteiger partial charge >= 0.3 is 7.12 Å². The van der Waals surface area contributed by atoms with Crippen LogP contribution in [0.3, 0.4) is 0 Å². The van der Waals surface area contributed by atoms with Crippen molar-refractivity contribution >= 4 is 34.9 Å². The van der Waals surface area contributed by atoms with Gasteiger partial charge in [0.2, 0.25) is 0 Å². The number of hydrogen-bond acceptors (Lipinski definition) is 6. The number of anilines is 2. The van der Waals surface area contributed by atoms with Gasteiger partial charge in [0.1, 0.15) is 4.90 Å². The van der Waals surface area contributed by atoms with Crippen LogP contribution in [0, 0.1) is 0 Å². The van der Waals surface area contributed by atoms with Crippen LogP contribution < -0.4 is 5.32 Å². The molecule has 2 aromatic carbocycles. The fourth-order valence-electron chi connectivity index (χ4n) is 3.74. The van der Waals surface area contributed by atoms with Crippen molar-refractivity contribution in [3.05, 3.63) is 71.9 Å². The lowest BCUT2D eigenvalue weighted by Gasteiger charge is -2.19. The Labute approximate surface area is 177 Å². The van der Waals surface area contributed by atoms with Crippen molar-refractivity contribution in [2.45, 2.75) is 17.7 Å². The third-order valence-electron chi connectivity index (χ3n) is 5.24. The Balaban J connectivity index is 1.51. The molecule has 0 amide bonds. The van der Waals surface area contributed by atoms with Crippen LogP contribution in [-0.4, -0.2) is 38.7 Å². The number of aryl methyl sites for hydroxylation is 1. The van der Waals surface area contributed by atoms with E-state index < -0.39 is 17.9 Å². The summed E-state index contributed by atoms with van der Waals surface area (Å²) in [6.07, 6.45) is 3.53. The first-order chi connectivity index (χ1) is 14.7. The molecule has 0 saturated carbocycles. The molecular formula is C22H20BN3O3S. The van der Waals surface area contributed by atoms with E-state index in [9.17, 15) is 9.23 Å². The molecule has 150 valence electrons. The molecule has 2 aliphatic heterocycles. The molecule has 1 aromatic heterocycles. The Kier molecular flexibility index (Phi) is 5.20. The molecule has 3 heterocycles. The Morgan fingerprint density at radius 2 is 1.83 bits per heavy atom. The van der Waals surface area contributed by atoms with E-state index in [1.165, 1.54) is 0 Å². The molecule has 3 aromatic rings. The number of fused-ring (bicyclic) bond motifs is 1. The zero-order valence-corrected chi connectivity index (χ0v) is 17.1. The standard InChI is InChI=1S/C22H20BN3O3S/c27-23-18(12-13-29-23)15-8-10-17(11-9-15)24-22-20-19(7-4-14-30(20)28)25-21(26-22)16-5-2-1-3-6-16/h1-3,5-6,8-12,27H,4,7,13-14H2,(H,24,25,26). The lowest BCUT2D eigenvalue weighted by Crippen LogP contribution is -2.16. The highest BCUT2D eigenvalue weighted by atomic mass is 32.2. The minimum absolute atomic E-state index is 0.414. The van der Waals surface area contributed by atoms with E-state index >= 15 is 0 Å². The molecule has 0 radical (unpaired) electrons. The van der Waals surface area contributed by atoms with Crippen molar-refractivity contribution in [1.29, 1.82) is 0 Å². The van der Waals surface area contributed by atoms with Crippen molar-refractivity contribution in [3.8, 4) is 11.4 Å². The third-order valence-corrected chi connectivity index (χ3v) is 6.79. The van der Waals surface area contributed by atoms with Gasteiger partial charge in [0.25, 0.3) is 0 Å². The Hall–Kier alpha value is -2.81. The van der Waals surface area contributed by atoms with E-state index in [0.29, 0.717) is 28.9 Å². The van der Waals surface area contributed by atoms with Crippen LogP contribution in [0.1, 0.15) is 17.7 Å². The van der Waals surface area contributed by atoms with Gasteiger partial charge in [0.15, 0.2) is 11.6 Å². The van der Waals surface area contributed by atoms with Crippen molar-refractivity contribution < 1.29 is 13.9 Å². The zero-order chi connectivity index (χ0) is 20.5. The fourth-order valence-corrected chi connectivity index (χ4v) is 5.08. The summed E-state index contributed by atoms with van der Waals surface area (Å²) < 4.78 is 17.9. The summed E-state index contributed by atoms with van der Waals surface area (Å²) in [4.78, 5) is 10.1. The number of nitrogens with zero attached hydrogens (tertiary/aromatic N) is 2. The first-order valence-electron chi connectivity index (χ1n) is 9.91. The predicted molar refractivity (Wildman–Crippen MR) is 119 cm³/mol. The third kappa shape index (κ3) is 3.69. The molecule has 1 unspecified atom stereocenters. The molecular weight excluding hydrogens is 397 g/mol. The highest BCUT2D eigenvalue weighted by Crippen LogP contribution is 2.32. The molecule has 0 bridgehead atoms. The second-order valence-corrected chi connectivity index (χ2v) is 8.75. The van der Waals surface area contributed by atoms with Crippen LogP contribution in [0.15, 0.2) is 65.6 Å². The van der Waals surface area contributed by atoms with E-state index in [-0.39, 0.29) is 0 Å². The van der Waals surface area contributed by atoms with Crippen LogP contribution in [0.25, 0.3) is 16.9 Å². The maximum atomic E-state index is 12.8. The second-order valence-electron chi connectivity index (χ2n) is 7.24. The number of nitrogens with one attached hydrogen (secondary N) is 1. The van der Waals surface area contributed by atoms with Crippen LogP contribution in [0.4, 0.5) is 11.5 Å². The van der Waals surface area contributed by atoms with Gasteiger partial charge < -0.3 is 15.0 Å². The van der Waals surface area contributed by atoms with Crippen molar-refractivity contribution in [1.82, 2.24) is 9.97 Å². The van der Waals surface area contributed by atoms with Crippen molar-refractivity contribution in [3.63, 3.8) is 0 Å². The smallest absolute Gasteiger partial charge is 0.423 e. The molecule has 2 N–H and O–H groups in total. The normalized spacial score (nSPS) is 18.1. The van der Waals surface area contributed by atoms with Crippen LogP contribution in [0.2, 0.25) is 0 Å². The maximum Gasteiger partial charge on any atom is 0.491 e. The van der Waals surface area contributed by atoms with E-state index in [0.717, 1.165) is 40.8 Å². The maximum absolute atomic E-state index is 12.8. The zero-order valence-electron chi connectivity index (χ0n) is 16.2. The summed E-state index contributed by atoms with van der Waals surface area (Å²) in [5.74, 6) is 1.84. The van der Waals surface area contributed by atoms with Crippen molar-refractivity contribution in [2.75, 3.05) is 17.7 Å². The summed E-state index contributed by atoms with van der Waals surface area (Å²) >= 11 is 0. The first kappa shape index (κ1) is 19.2. The predicted octanol–water partition coefficient (Wildman–Crippen LogP) is 3.37. The van der Waals surface area contributed by atoms with Crippen LogP contribution in [-0.2, 0) is 21.9 Å². The van der Waals surface area contributed by atoms with Crippen molar-refractivity contribution in [2.24, 2.45) is 0 Å². The summed E-state index contributed by atoms with van der Waals surface area (Å²) in [7, 11) is -2.00. The van der Waals surface area contributed by atoms with E-state index in [4.69, 9.17) is 14.6 Å². The second kappa shape index (κ2) is 8.14. The first-order valence-corrected chi connectivity index (χ1v) is 11.2. The largest absolute Gasteiger partial charge is 0.491 e. The summed E-state index contributed by atoms with van der Waals surface area (Å²) in [5.41, 5.74) is 4.29. The molecule has 5 rings (SSSR count). The molecule has 0 saturated heterocycles. The SMILES string of the molecule is O=S1CCCc2nc(-c3ccccc3)nc(Nc3ccc(C4=CCOB4O)cc3)c21. The van der Waals surface area contributed by atoms with Crippen LogP contribution in [0.5, 0.6) is 0 Å². The molecule has 6 nitrogen and oxygen atoms in total. The average Bonchev–Trinajstić information content (AvgIpc) is 3.20. The number of benzene rings is 2. The van der Waals surface area contributed by atoms with E-state index in [1.54, 1.807) is 0 Å². The van der Waals surface area contributed by atoms with Gasteiger partial charge in [-0.2, -0.15) is 0 Å². The van der Waals surface area contributed by atoms with Gasteiger partial charge in [-0.1, -0.05) is 48.5 Å². The van der Waals surface area contributed by atoms with Gasteiger partial charge in [-0.3, -0.25) is 4.21 Å². The minimum Gasteiger partial charge on any atom is -0.423 e. The minimum atomic E-state index is -1.12. The number of hydrogen-bond donors (Lipinski definition) is 2. The quantitative estimate of drug-likeness (QED) is 0.634. The number of aromatic nitrogens is 2. The lowest BCUT2D eigenvalue weighted by atomic mass is 9.76. The Bertz CT molecular complexity index is 1140. The molecule has 30 heavy (non-hydrogen) atoms. The molecule has 8 heteroatoms. The van der Waals surface area contributed by atoms with E-state index in [2.05, 4.69) is 5.32 Å². The molecule has 1 atom stereocenters. The van der Waals surface area contributed by atoms with Gasteiger partial charge in [-0.05, 0) is 36.0 Å². The van der Waals surface area contributed by atoms with E-state index in [1.807, 2.05) is 60.7 Å². The topological polar surface area (TPSA) is 84.3 Å². The lowest BCUT2D eigenvalue weighted by molar-refractivity contribution is 0.316. The highest BCUT2D eigenvalue weighted by molar-refractivity contribution is 7.85. The van der Waals surface area contributed by atoms with Gasteiger partial charge in [-0.15, -0.1) is 0 Å². The molecule has 0 fully saturated rings. The van der Waals surface area contributed by atoms with Crippen LogP contribution >= 0.6 is 0 Å². The molecule has 0 spiro atoms. The summed E-state index contributed by atoms with van der Waals surface area (Å²) in [5, 5.41) is 13.2. The Morgan fingerprint density at radius 1 is 1.03 bits per heavy atom. The highest BCUT2D eigenvalue weighted by Gasteiger charge is 2.26. The fraction of sp³-hybridized carbons (Fsp3) is 0.182. The monoisotopic (exact) mass is 417 g/mol. The number of rotatable bonds is 4. The summed E-state index contributed by atoms with van der Waals surface area (Å²) in [6.45, 7) is 0.414. The van der Waals surface area contributed by atoms with Gasteiger partial charge in [-0.25, -0.2) is 9.97 Å². The average molecular weight is 417 g/mol. The Morgan fingerprint density at radius 3 is 2.57 bits per heavy atom. The summed E-state index contributed by atoms with van der Waals surface area (Å²) in [6, 6.07) is 17.5. The molecule has 0 aliphatic carbocycles.